The van der Waals surface area contributed by atoms with Gasteiger partial charge in [0.05, 0.1) is 18.8 Å². The molecule has 0 radical (unpaired) electrons. The standard InChI is InChI=1S/C19H23N3O3S/c1-25-17-7-3-2-6-15(17)21-19(24)18(23)20-12-16(14-8-11-26-13-14)22-9-4-5-10-22/h2-3,6-8,11,13,16H,4-5,9-10,12H2,1H3,(H,20,23)(H,21,24)/t16-/m0/s1. The van der Waals surface area contributed by atoms with Crippen molar-refractivity contribution in [2.75, 3.05) is 32.1 Å². The molecule has 1 fully saturated rings. The number of ether oxygens (including phenoxy) is 1. The number of rotatable bonds is 6. The van der Waals surface area contributed by atoms with Crippen molar-refractivity contribution in [3.05, 3.63) is 46.7 Å². The van der Waals surface area contributed by atoms with E-state index in [9.17, 15) is 9.59 Å². The van der Waals surface area contributed by atoms with Crippen molar-refractivity contribution in [1.29, 1.82) is 0 Å². The summed E-state index contributed by atoms with van der Waals surface area (Å²) in [7, 11) is 1.52. The lowest BCUT2D eigenvalue weighted by Crippen LogP contribution is -2.41. The second-order valence-corrected chi connectivity index (χ2v) is 6.96. The lowest BCUT2D eigenvalue weighted by atomic mass is 10.1. The largest absolute Gasteiger partial charge is 0.495 e. The predicted octanol–water partition coefficient (Wildman–Crippen LogP) is 2.65. The second-order valence-electron chi connectivity index (χ2n) is 6.18. The molecule has 1 atom stereocenters. The van der Waals surface area contributed by atoms with Crippen molar-refractivity contribution in [2.45, 2.75) is 18.9 Å². The molecule has 2 amide bonds. The van der Waals surface area contributed by atoms with Gasteiger partial charge in [-0.3, -0.25) is 14.5 Å². The molecule has 0 unspecified atom stereocenters. The van der Waals surface area contributed by atoms with E-state index in [1.807, 2.05) is 5.38 Å². The Hall–Kier alpha value is -2.38. The fourth-order valence-corrected chi connectivity index (χ4v) is 3.88. The van der Waals surface area contributed by atoms with Gasteiger partial charge >= 0.3 is 11.8 Å². The van der Waals surface area contributed by atoms with Crippen molar-refractivity contribution in [3.63, 3.8) is 0 Å². The van der Waals surface area contributed by atoms with E-state index >= 15 is 0 Å². The van der Waals surface area contributed by atoms with Gasteiger partial charge in [0.25, 0.3) is 0 Å². The lowest BCUT2D eigenvalue weighted by Gasteiger charge is -2.27. The summed E-state index contributed by atoms with van der Waals surface area (Å²) in [6.07, 6.45) is 2.34. The van der Waals surface area contributed by atoms with E-state index in [0.717, 1.165) is 13.1 Å². The zero-order chi connectivity index (χ0) is 18.4. The fraction of sp³-hybridized carbons (Fsp3) is 0.368. The first-order valence-corrected chi connectivity index (χ1v) is 9.61. The van der Waals surface area contributed by atoms with Crippen LogP contribution >= 0.6 is 11.3 Å². The zero-order valence-electron chi connectivity index (χ0n) is 14.7. The minimum absolute atomic E-state index is 0.103. The van der Waals surface area contributed by atoms with E-state index in [4.69, 9.17) is 4.74 Å². The monoisotopic (exact) mass is 373 g/mol. The Bertz CT molecular complexity index is 742. The van der Waals surface area contributed by atoms with Crippen LogP contribution in [0.25, 0.3) is 0 Å². The van der Waals surface area contributed by atoms with Crippen molar-refractivity contribution >= 4 is 28.8 Å². The molecule has 3 rings (SSSR count). The highest BCUT2D eigenvalue weighted by Gasteiger charge is 2.25. The highest BCUT2D eigenvalue weighted by atomic mass is 32.1. The second kappa shape index (κ2) is 8.82. The number of carbonyl (C=O) groups excluding carboxylic acids is 2. The summed E-state index contributed by atoms with van der Waals surface area (Å²) in [6, 6.07) is 9.18. The van der Waals surface area contributed by atoms with Gasteiger partial charge in [0, 0.05) is 6.54 Å². The van der Waals surface area contributed by atoms with Crippen LogP contribution in [0.1, 0.15) is 24.4 Å². The Morgan fingerprint density at radius 1 is 1.19 bits per heavy atom. The molecule has 1 aromatic heterocycles. The van der Waals surface area contributed by atoms with Gasteiger partial charge in [-0.1, -0.05) is 12.1 Å². The molecule has 26 heavy (non-hydrogen) atoms. The summed E-state index contributed by atoms with van der Waals surface area (Å²) in [5, 5.41) is 9.52. The van der Waals surface area contributed by atoms with Crippen molar-refractivity contribution in [2.24, 2.45) is 0 Å². The number of benzene rings is 1. The maximum atomic E-state index is 12.3. The van der Waals surface area contributed by atoms with Gasteiger partial charge < -0.3 is 15.4 Å². The topological polar surface area (TPSA) is 70.7 Å². The molecular weight excluding hydrogens is 350 g/mol. The number of nitrogens with zero attached hydrogens (tertiary/aromatic N) is 1. The van der Waals surface area contributed by atoms with Crippen LogP contribution in [0.2, 0.25) is 0 Å². The van der Waals surface area contributed by atoms with Gasteiger partial charge in [0.15, 0.2) is 0 Å². The number of hydrogen-bond acceptors (Lipinski definition) is 5. The van der Waals surface area contributed by atoms with Crippen LogP contribution in [-0.2, 0) is 9.59 Å². The number of carbonyl (C=O) groups is 2. The molecule has 0 aliphatic carbocycles. The maximum absolute atomic E-state index is 12.3. The number of thiophene rings is 1. The van der Waals surface area contributed by atoms with E-state index in [-0.39, 0.29) is 6.04 Å². The average Bonchev–Trinajstić information content (AvgIpc) is 3.36. The maximum Gasteiger partial charge on any atom is 0.313 e. The number of likely N-dealkylation sites (tertiary alicyclic amines) is 1. The van der Waals surface area contributed by atoms with E-state index in [1.54, 1.807) is 35.6 Å². The third-order valence-electron chi connectivity index (χ3n) is 4.53. The van der Waals surface area contributed by atoms with Crippen molar-refractivity contribution in [3.8, 4) is 5.75 Å². The number of amides is 2. The number of methoxy groups -OCH3 is 1. The molecule has 1 aliphatic heterocycles. The summed E-state index contributed by atoms with van der Waals surface area (Å²) in [6.45, 7) is 2.45. The summed E-state index contributed by atoms with van der Waals surface area (Å²) in [4.78, 5) is 26.8. The summed E-state index contributed by atoms with van der Waals surface area (Å²) in [5.74, 6) is -0.822. The summed E-state index contributed by atoms with van der Waals surface area (Å²) < 4.78 is 5.19. The number of anilines is 1. The molecule has 1 saturated heterocycles. The Morgan fingerprint density at radius 2 is 1.96 bits per heavy atom. The van der Waals surface area contributed by atoms with Gasteiger partial charge in [0.1, 0.15) is 5.75 Å². The normalized spacial score (nSPS) is 15.4. The Kier molecular flexibility index (Phi) is 6.25. The molecule has 1 aromatic carbocycles. The first-order valence-electron chi connectivity index (χ1n) is 8.67. The molecule has 2 aromatic rings. The van der Waals surface area contributed by atoms with E-state index in [0.29, 0.717) is 18.0 Å². The molecule has 0 spiro atoms. The van der Waals surface area contributed by atoms with Gasteiger partial charge in [0.2, 0.25) is 0 Å². The minimum Gasteiger partial charge on any atom is -0.495 e. The van der Waals surface area contributed by atoms with E-state index in [1.165, 1.54) is 25.5 Å². The predicted molar refractivity (Wildman–Crippen MR) is 103 cm³/mol. The van der Waals surface area contributed by atoms with E-state index in [2.05, 4.69) is 27.0 Å². The third-order valence-corrected chi connectivity index (χ3v) is 5.23. The molecular formula is C19H23N3O3S. The number of para-hydroxylation sites is 2. The van der Waals surface area contributed by atoms with Crippen LogP contribution in [0.4, 0.5) is 5.69 Å². The van der Waals surface area contributed by atoms with Crippen molar-refractivity contribution in [1.82, 2.24) is 10.2 Å². The summed E-state index contributed by atoms with van der Waals surface area (Å²) in [5.41, 5.74) is 1.66. The molecule has 0 bridgehead atoms. The Balaban J connectivity index is 1.60. The van der Waals surface area contributed by atoms with E-state index < -0.39 is 11.8 Å². The molecule has 6 nitrogen and oxygen atoms in total. The fourth-order valence-electron chi connectivity index (χ4n) is 3.17. The summed E-state index contributed by atoms with van der Waals surface area (Å²) >= 11 is 1.64. The third kappa shape index (κ3) is 4.42. The number of hydrogen-bond donors (Lipinski definition) is 2. The van der Waals surface area contributed by atoms with Crippen LogP contribution in [0, 0.1) is 0 Å². The smallest absolute Gasteiger partial charge is 0.313 e. The van der Waals surface area contributed by atoms with Crippen LogP contribution in [0.15, 0.2) is 41.1 Å². The molecule has 2 N–H and O–H groups in total. The molecule has 2 heterocycles. The van der Waals surface area contributed by atoms with Crippen LogP contribution < -0.4 is 15.4 Å². The first-order chi connectivity index (χ1) is 12.7. The molecule has 1 aliphatic rings. The molecule has 138 valence electrons. The Morgan fingerprint density at radius 3 is 2.65 bits per heavy atom. The van der Waals surface area contributed by atoms with Gasteiger partial charge in [-0.05, 0) is 60.5 Å². The SMILES string of the molecule is COc1ccccc1NC(=O)C(=O)NC[C@@H](c1ccsc1)N1CCCC1. The first kappa shape index (κ1) is 18.4. The molecule has 0 saturated carbocycles. The highest BCUT2D eigenvalue weighted by Crippen LogP contribution is 2.26. The number of nitrogens with one attached hydrogen (secondary N) is 2. The minimum atomic E-state index is -0.694. The van der Waals surface area contributed by atoms with Crippen LogP contribution in [0.5, 0.6) is 5.75 Å². The van der Waals surface area contributed by atoms with Crippen LogP contribution in [0.3, 0.4) is 0 Å². The Labute approximate surface area is 157 Å². The highest BCUT2D eigenvalue weighted by molar-refractivity contribution is 7.08. The van der Waals surface area contributed by atoms with Crippen LogP contribution in [-0.4, -0.2) is 43.5 Å². The lowest BCUT2D eigenvalue weighted by molar-refractivity contribution is -0.136. The van der Waals surface area contributed by atoms with Crippen molar-refractivity contribution < 1.29 is 14.3 Å². The average molecular weight is 373 g/mol. The molecule has 7 heteroatoms. The zero-order valence-corrected chi connectivity index (χ0v) is 15.6. The quantitative estimate of drug-likeness (QED) is 0.764. The van der Waals surface area contributed by atoms with Gasteiger partial charge in [-0.15, -0.1) is 0 Å². The van der Waals surface area contributed by atoms with Gasteiger partial charge in [-0.2, -0.15) is 11.3 Å². The van der Waals surface area contributed by atoms with Gasteiger partial charge in [-0.25, -0.2) is 0 Å².